The van der Waals surface area contributed by atoms with Crippen molar-refractivity contribution in [2.75, 3.05) is 25.1 Å². The third-order valence-electron chi connectivity index (χ3n) is 3.73. The monoisotopic (exact) mass is 341 g/mol. The van der Waals surface area contributed by atoms with Crippen molar-refractivity contribution >= 4 is 21.6 Å². The third kappa shape index (κ3) is 3.82. The zero-order chi connectivity index (χ0) is 13.9. The SMILES string of the molecule is O=c1c(Br)c(NCCOCC2CC2)cnn1CC1CC1. The van der Waals surface area contributed by atoms with Crippen LogP contribution >= 0.6 is 15.9 Å². The molecule has 2 aliphatic rings. The van der Waals surface area contributed by atoms with Gasteiger partial charge in [-0.05, 0) is 53.4 Å². The highest BCUT2D eigenvalue weighted by Gasteiger charge is 2.23. The first-order valence-corrected chi connectivity index (χ1v) is 8.10. The van der Waals surface area contributed by atoms with Crippen molar-refractivity contribution in [1.82, 2.24) is 9.78 Å². The van der Waals surface area contributed by atoms with E-state index in [4.69, 9.17) is 4.74 Å². The minimum atomic E-state index is -0.0548. The minimum absolute atomic E-state index is 0.0548. The van der Waals surface area contributed by atoms with Crippen LogP contribution in [0.5, 0.6) is 0 Å². The molecule has 0 radical (unpaired) electrons. The molecule has 0 bridgehead atoms. The molecule has 1 aromatic rings. The second kappa shape index (κ2) is 6.26. The number of aromatic nitrogens is 2. The maximum Gasteiger partial charge on any atom is 0.283 e. The first kappa shape index (κ1) is 14.1. The molecule has 0 aromatic carbocycles. The molecule has 110 valence electrons. The van der Waals surface area contributed by atoms with Gasteiger partial charge in [-0.1, -0.05) is 0 Å². The lowest BCUT2D eigenvalue weighted by atomic mass is 10.4. The van der Waals surface area contributed by atoms with Gasteiger partial charge in [-0.2, -0.15) is 5.10 Å². The number of hydrogen-bond donors (Lipinski definition) is 1. The van der Waals surface area contributed by atoms with Crippen LogP contribution in [-0.4, -0.2) is 29.5 Å². The molecule has 2 fully saturated rings. The zero-order valence-electron chi connectivity index (χ0n) is 11.5. The summed E-state index contributed by atoms with van der Waals surface area (Å²) in [7, 11) is 0. The summed E-state index contributed by atoms with van der Waals surface area (Å²) < 4.78 is 7.67. The second-order valence-electron chi connectivity index (χ2n) is 5.75. The topological polar surface area (TPSA) is 56.1 Å². The van der Waals surface area contributed by atoms with E-state index in [-0.39, 0.29) is 5.56 Å². The number of nitrogens with zero attached hydrogens (tertiary/aromatic N) is 2. The summed E-state index contributed by atoms with van der Waals surface area (Å²) in [5.41, 5.74) is 0.692. The highest BCUT2D eigenvalue weighted by molar-refractivity contribution is 9.10. The van der Waals surface area contributed by atoms with Crippen molar-refractivity contribution < 1.29 is 4.74 Å². The fraction of sp³-hybridized carbons (Fsp3) is 0.714. The number of anilines is 1. The van der Waals surface area contributed by atoms with E-state index < -0.39 is 0 Å². The smallest absolute Gasteiger partial charge is 0.283 e. The molecule has 0 unspecified atom stereocenters. The molecule has 2 aliphatic carbocycles. The van der Waals surface area contributed by atoms with Gasteiger partial charge < -0.3 is 10.1 Å². The van der Waals surface area contributed by atoms with Gasteiger partial charge in [0, 0.05) is 19.7 Å². The largest absolute Gasteiger partial charge is 0.380 e. The summed E-state index contributed by atoms with van der Waals surface area (Å²) in [4.78, 5) is 12.1. The second-order valence-corrected chi connectivity index (χ2v) is 6.54. The van der Waals surface area contributed by atoms with Gasteiger partial charge in [0.15, 0.2) is 0 Å². The van der Waals surface area contributed by atoms with E-state index in [2.05, 4.69) is 26.3 Å². The molecule has 0 amide bonds. The molecule has 2 saturated carbocycles. The standard InChI is InChI=1S/C14H20BrN3O2/c15-13-12(16-5-6-20-9-11-3-4-11)7-17-18(14(13)19)8-10-1-2-10/h7,10-11,16H,1-6,8-9H2. The minimum Gasteiger partial charge on any atom is -0.380 e. The first-order chi connectivity index (χ1) is 9.74. The fourth-order valence-corrected chi connectivity index (χ4v) is 2.50. The summed E-state index contributed by atoms with van der Waals surface area (Å²) in [5.74, 6) is 1.43. The van der Waals surface area contributed by atoms with Crippen LogP contribution in [0.4, 0.5) is 5.69 Å². The van der Waals surface area contributed by atoms with Crippen LogP contribution in [0.2, 0.25) is 0 Å². The van der Waals surface area contributed by atoms with Gasteiger partial charge in [-0.25, -0.2) is 4.68 Å². The Bertz CT molecular complexity index is 524. The van der Waals surface area contributed by atoms with E-state index in [9.17, 15) is 4.79 Å². The van der Waals surface area contributed by atoms with Gasteiger partial charge in [0.1, 0.15) is 4.47 Å². The molecule has 20 heavy (non-hydrogen) atoms. The maximum absolute atomic E-state index is 12.1. The summed E-state index contributed by atoms with van der Waals surface area (Å²) in [6, 6.07) is 0. The number of ether oxygens (including phenoxy) is 1. The molecule has 0 spiro atoms. The van der Waals surface area contributed by atoms with Crippen LogP contribution in [0.15, 0.2) is 15.5 Å². The van der Waals surface area contributed by atoms with Crippen molar-refractivity contribution in [2.45, 2.75) is 32.2 Å². The average molecular weight is 342 g/mol. The van der Waals surface area contributed by atoms with E-state index in [0.717, 1.165) is 24.8 Å². The van der Waals surface area contributed by atoms with Gasteiger partial charge in [0.05, 0.1) is 18.5 Å². The molecule has 0 atom stereocenters. The molecule has 0 aliphatic heterocycles. The fourth-order valence-electron chi connectivity index (χ4n) is 2.06. The average Bonchev–Trinajstić information content (AvgIpc) is 3.32. The number of halogens is 1. The van der Waals surface area contributed by atoms with Crippen molar-refractivity contribution in [1.29, 1.82) is 0 Å². The first-order valence-electron chi connectivity index (χ1n) is 7.31. The predicted octanol–water partition coefficient (Wildman–Crippen LogP) is 2.25. The lowest BCUT2D eigenvalue weighted by molar-refractivity contribution is 0.134. The molecule has 0 saturated heterocycles. The van der Waals surface area contributed by atoms with Gasteiger partial charge in [0.2, 0.25) is 0 Å². The molecule has 1 aromatic heterocycles. The summed E-state index contributed by atoms with van der Waals surface area (Å²) >= 11 is 3.37. The van der Waals surface area contributed by atoms with Crippen LogP contribution in [0.25, 0.3) is 0 Å². The Hall–Kier alpha value is -0.880. The molecule has 3 rings (SSSR count). The lowest BCUT2D eigenvalue weighted by Gasteiger charge is -2.10. The van der Waals surface area contributed by atoms with Crippen LogP contribution < -0.4 is 10.9 Å². The Labute approximate surface area is 126 Å². The van der Waals surface area contributed by atoms with E-state index >= 15 is 0 Å². The summed E-state index contributed by atoms with van der Waals surface area (Å²) in [5, 5.41) is 7.42. The Morgan fingerprint density at radius 3 is 2.80 bits per heavy atom. The Balaban J connectivity index is 1.50. The van der Waals surface area contributed by atoms with Crippen molar-refractivity contribution in [3.05, 3.63) is 21.0 Å². The van der Waals surface area contributed by atoms with Gasteiger partial charge in [0.25, 0.3) is 5.56 Å². The van der Waals surface area contributed by atoms with E-state index in [0.29, 0.717) is 23.5 Å². The van der Waals surface area contributed by atoms with E-state index in [1.54, 1.807) is 10.9 Å². The van der Waals surface area contributed by atoms with Crippen LogP contribution in [0.1, 0.15) is 25.7 Å². The molecular formula is C14H20BrN3O2. The Kier molecular flexibility index (Phi) is 4.41. The maximum atomic E-state index is 12.1. The molecule has 6 heteroatoms. The van der Waals surface area contributed by atoms with Crippen molar-refractivity contribution in [2.24, 2.45) is 11.8 Å². The third-order valence-corrected chi connectivity index (χ3v) is 4.49. The highest BCUT2D eigenvalue weighted by atomic mass is 79.9. The van der Waals surface area contributed by atoms with Gasteiger partial charge >= 0.3 is 0 Å². The molecule has 1 N–H and O–H groups in total. The quantitative estimate of drug-likeness (QED) is 0.737. The highest BCUT2D eigenvalue weighted by Crippen LogP contribution is 2.30. The van der Waals surface area contributed by atoms with E-state index in [1.165, 1.54) is 25.7 Å². The lowest BCUT2D eigenvalue weighted by Crippen LogP contribution is -2.25. The van der Waals surface area contributed by atoms with Crippen molar-refractivity contribution in [3.63, 3.8) is 0 Å². The molecule has 1 heterocycles. The van der Waals surface area contributed by atoms with Crippen molar-refractivity contribution in [3.8, 4) is 0 Å². The predicted molar refractivity (Wildman–Crippen MR) is 81.0 cm³/mol. The summed E-state index contributed by atoms with van der Waals surface area (Å²) in [6.45, 7) is 2.96. The van der Waals surface area contributed by atoms with Crippen LogP contribution in [0, 0.1) is 11.8 Å². The number of nitrogens with one attached hydrogen (secondary N) is 1. The zero-order valence-corrected chi connectivity index (χ0v) is 13.1. The van der Waals surface area contributed by atoms with Crippen LogP contribution in [0.3, 0.4) is 0 Å². The van der Waals surface area contributed by atoms with Gasteiger partial charge in [-0.15, -0.1) is 0 Å². The normalized spacial score (nSPS) is 18.2. The molecular weight excluding hydrogens is 322 g/mol. The van der Waals surface area contributed by atoms with Gasteiger partial charge in [-0.3, -0.25) is 4.79 Å². The number of hydrogen-bond acceptors (Lipinski definition) is 4. The molecule has 5 nitrogen and oxygen atoms in total. The van der Waals surface area contributed by atoms with Crippen LogP contribution in [-0.2, 0) is 11.3 Å². The van der Waals surface area contributed by atoms with E-state index in [1.807, 2.05) is 0 Å². The Morgan fingerprint density at radius 1 is 1.35 bits per heavy atom. The summed E-state index contributed by atoms with van der Waals surface area (Å²) in [6.07, 6.45) is 6.76. The Morgan fingerprint density at radius 2 is 2.10 bits per heavy atom. The number of rotatable bonds is 8.